The van der Waals surface area contributed by atoms with E-state index >= 15 is 0 Å². The molecular formula is C15H13F3N6. The van der Waals surface area contributed by atoms with Crippen molar-refractivity contribution in [3.8, 4) is 11.4 Å². The van der Waals surface area contributed by atoms with Crippen LogP contribution in [0.15, 0.2) is 24.7 Å². The molecule has 9 heteroatoms. The van der Waals surface area contributed by atoms with Gasteiger partial charge in [0, 0.05) is 12.7 Å². The monoisotopic (exact) mass is 334 g/mol. The molecule has 0 radical (unpaired) electrons. The molecule has 6 nitrogen and oxygen atoms in total. The van der Waals surface area contributed by atoms with Gasteiger partial charge in [0.05, 0.1) is 16.6 Å². The number of aromatic nitrogens is 5. The highest BCUT2D eigenvalue weighted by molar-refractivity contribution is 5.99. The first-order valence-electron chi connectivity index (χ1n) is 7.49. The normalized spacial score (nSPS) is 15.0. The summed E-state index contributed by atoms with van der Waals surface area (Å²) >= 11 is 0. The third-order valence-corrected chi connectivity index (χ3v) is 3.93. The van der Waals surface area contributed by atoms with Crippen molar-refractivity contribution in [3.63, 3.8) is 0 Å². The number of H-pyrrole nitrogens is 1. The van der Waals surface area contributed by atoms with Gasteiger partial charge in [-0.05, 0) is 30.9 Å². The van der Waals surface area contributed by atoms with E-state index in [2.05, 4.69) is 30.5 Å². The number of alkyl halides is 3. The van der Waals surface area contributed by atoms with Crippen molar-refractivity contribution in [2.45, 2.75) is 19.0 Å². The Balaban J connectivity index is 1.79. The van der Waals surface area contributed by atoms with Gasteiger partial charge in [-0.25, -0.2) is 15.0 Å². The summed E-state index contributed by atoms with van der Waals surface area (Å²) in [6.07, 6.45) is 0.353. The predicted molar refractivity (Wildman–Crippen MR) is 81.1 cm³/mol. The van der Waals surface area contributed by atoms with Gasteiger partial charge in [-0.15, -0.1) is 0 Å². The summed E-state index contributed by atoms with van der Waals surface area (Å²) in [5, 5.41) is 10.8. The van der Waals surface area contributed by atoms with Crippen LogP contribution < -0.4 is 5.32 Å². The fourth-order valence-electron chi connectivity index (χ4n) is 2.49. The van der Waals surface area contributed by atoms with E-state index in [1.807, 2.05) is 0 Å². The highest BCUT2D eigenvalue weighted by Gasteiger charge is 2.33. The Morgan fingerprint density at radius 3 is 2.79 bits per heavy atom. The maximum atomic E-state index is 12.9. The van der Waals surface area contributed by atoms with E-state index in [9.17, 15) is 13.2 Å². The number of rotatable bonds is 4. The van der Waals surface area contributed by atoms with Crippen molar-refractivity contribution in [1.29, 1.82) is 0 Å². The third kappa shape index (κ3) is 2.77. The van der Waals surface area contributed by atoms with Gasteiger partial charge in [-0.3, -0.25) is 5.10 Å². The molecule has 0 amide bonds. The summed E-state index contributed by atoms with van der Waals surface area (Å²) in [4.78, 5) is 11.5. The van der Waals surface area contributed by atoms with Crippen LogP contribution in [0, 0.1) is 5.92 Å². The minimum absolute atomic E-state index is 0.103. The maximum absolute atomic E-state index is 12.9. The van der Waals surface area contributed by atoms with E-state index in [0.29, 0.717) is 28.3 Å². The van der Waals surface area contributed by atoms with Crippen molar-refractivity contribution in [3.05, 3.63) is 30.4 Å². The molecule has 0 spiro atoms. The van der Waals surface area contributed by atoms with Gasteiger partial charge >= 0.3 is 6.18 Å². The van der Waals surface area contributed by atoms with E-state index in [-0.39, 0.29) is 5.69 Å². The number of fused-ring (bicyclic) bond motifs is 1. The Labute approximate surface area is 134 Å². The van der Waals surface area contributed by atoms with Gasteiger partial charge in [0.2, 0.25) is 0 Å². The number of hydrogen-bond acceptors (Lipinski definition) is 5. The van der Waals surface area contributed by atoms with Gasteiger partial charge in [0.15, 0.2) is 0 Å². The van der Waals surface area contributed by atoms with Crippen LogP contribution in [-0.2, 0) is 6.18 Å². The van der Waals surface area contributed by atoms with E-state index in [4.69, 9.17) is 0 Å². The van der Waals surface area contributed by atoms with Crippen LogP contribution in [0.25, 0.3) is 22.3 Å². The number of nitrogens with zero attached hydrogens (tertiary/aromatic N) is 4. The molecule has 24 heavy (non-hydrogen) atoms. The highest BCUT2D eigenvalue weighted by Crippen LogP contribution is 2.34. The first-order chi connectivity index (χ1) is 11.5. The number of hydrogen-bond donors (Lipinski definition) is 2. The van der Waals surface area contributed by atoms with Crippen LogP contribution in [0.2, 0.25) is 0 Å². The van der Waals surface area contributed by atoms with Gasteiger partial charge in [-0.2, -0.15) is 18.3 Å². The molecule has 2 N–H and O–H groups in total. The number of pyridine rings is 1. The molecule has 1 aliphatic carbocycles. The summed E-state index contributed by atoms with van der Waals surface area (Å²) in [5.74, 6) is 1.23. The van der Waals surface area contributed by atoms with Crippen molar-refractivity contribution in [1.82, 2.24) is 25.1 Å². The second-order valence-electron chi connectivity index (χ2n) is 5.76. The lowest BCUT2D eigenvalue weighted by Crippen LogP contribution is -2.08. The second kappa shape index (κ2) is 5.43. The molecule has 0 saturated heterocycles. The Morgan fingerprint density at radius 1 is 1.21 bits per heavy atom. The van der Waals surface area contributed by atoms with Crippen LogP contribution in [-0.4, -0.2) is 31.7 Å². The third-order valence-electron chi connectivity index (χ3n) is 3.93. The van der Waals surface area contributed by atoms with E-state index in [1.165, 1.54) is 12.8 Å². The molecule has 3 aromatic rings. The van der Waals surface area contributed by atoms with Crippen LogP contribution in [0.5, 0.6) is 0 Å². The molecule has 4 rings (SSSR count). The van der Waals surface area contributed by atoms with E-state index < -0.39 is 11.9 Å². The first kappa shape index (κ1) is 14.9. The zero-order chi connectivity index (χ0) is 16.7. The lowest BCUT2D eigenvalue weighted by molar-refractivity contribution is -0.141. The lowest BCUT2D eigenvalue weighted by atomic mass is 10.1. The molecule has 124 valence electrons. The van der Waals surface area contributed by atoms with Gasteiger partial charge < -0.3 is 5.32 Å². The fourth-order valence-corrected chi connectivity index (χ4v) is 2.49. The number of aromatic amines is 1. The van der Waals surface area contributed by atoms with E-state index in [0.717, 1.165) is 18.9 Å². The van der Waals surface area contributed by atoms with Crippen LogP contribution in [0.1, 0.15) is 18.5 Å². The Hall–Kier alpha value is -2.71. The lowest BCUT2D eigenvalue weighted by Gasteiger charge is -2.08. The number of nitrogens with one attached hydrogen (secondary N) is 2. The zero-order valence-corrected chi connectivity index (χ0v) is 12.4. The molecule has 1 fully saturated rings. The van der Waals surface area contributed by atoms with Crippen molar-refractivity contribution in [2.24, 2.45) is 5.92 Å². The highest BCUT2D eigenvalue weighted by atomic mass is 19.4. The molecule has 0 unspecified atom stereocenters. The van der Waals surface area contributed by atoms with Crippen LogP contribution >= 0.6 is 0 Å². The topological polar surface area (TPSA) is 79.4 Å². The summed E-state index contributed by atoms with van der Waals surface area (Å²) in [5.41, 5.74) is 0.112. The molecule has 0 bridgehead atoms. The predicted octanol–water partition coefficient (Wildman–Crippen LogP) is 3.26. The Morgan fingerprint density at radius 2 is 2.04 bits per heavy atom. The molecule has 3 heterocycles. The summed E-state index contributed by atoms with van der Waals surface area (Å²) < 4.78 is 38.6. The van der Waals surface area contributed by atoms with Crippen LogP contribution in [0.3, 0.4) is 0 Å². The van der Waals surface area contributed by atoms with Crippen LogP contribution in [0.4, 0.5) is 19.0 Å². The van der Waals surface area contributed by atoms with Gasteiger partial charge in [-0.1, -0.05) is 0 Å². The molecule has 0 aromatic carbocycles. The average molecular weight is 334 g/mol. The van der Waals surface area contributed by atoms with Gasteiger partial charge in [0.1, 0.15) is 23.5 Å². The second-order valence-corrected chi connectivity index (χ2v) is 5.76. The summed E-state index contributed by atoms with van der Waals surface area (Å²) in [6.45, 7) is 0.786. The molecular weight excluding hydrogens is 321 g/mol. The summed E-state index contributed by atoms with van der Waals surface area (Å²) in [7, 11) is 0. The minimum atomic E-state index is -4.53. The minimum Gasteiger partial charge on any atom is -0.369 e. The van der Waals surface area contributed by atoms with Crippen molar-refractivity contribution >= 4 is 16.7 Å². The molecule has 0 aliphatic heterocycles. The standard InChI is InChI=1S/C15H13F3N6/c16-15(17,18)11-5-10(21-7-22-11)13-12-9(23-24-13)3-4-19-14(12)20-6-8-1-2-8/h3-5,7-8H,1-2,6H2,(H,19,20)(H,23,24). The first-order valence-corrected chi connectivity index (χ1v) is 7.49. The van der Waals surface area contributed by atoms with Gasteiger partial charge in [0.25, 0.3) is 0 Å². The molecule has 1 aliphatic rings. The van der Waals surface area contributed by atoms with E-state index in [1.54, 1.807) is 12.3 Å². The zero-order valence-electron chi connectivity index (χ0n) is 12.4. The number of halogens is 3. The molecule has 3 aromatic heterocycles. The summed E-state index contributed by atoms with van der Waals surface area (Å²) in [6, 6.07) is 2.62. The number of anilines is 1. The van der Waals surface area contributed by atoms with Crippen molar-refractivity contribution in [2.75, 3.05) is 11.9 Å². The Bertz CT molecular complexity index is 884. The molecule has 1 saturated carbocycles. The maximum Gasteiger partial charge on any atom is 0.433 e. The molecule has 0 atom stereocenters. The Kier molecular flexibility index (Phi) is 3.36. The fraction of sp³-hybridized carbons (Fsp3) is 0.333. The smallest absolute Gasteiger partial charge is 0.369 e. The average Bonchev–Trinajstić information content (AvgIpc) is 3.29. The SMILES string of the molecule is FC(F)(F)c1cc(-c2n[nH]c3ccnc(NCC4CC4)c23)ncn1. The largest absolute Gasteiger partial charge is 0.433 e. The quantitative estimate of drug-likeness (QED) is 0.765. The van der Waals surface area contributed by atoms with Crippen molar-refractivity contribution < 1.29 is 13.2 Å².